The number of halogens is 1. The van der Waals surface area contributed by atoms with Gasteiger partial charge in [-0.25, -0.2) is 0 Å². The molecule has 0 radical (unpaired) electrons. The first-order chi connectivity index (χ1) is 16.1. The number of rotatable bonds is 6. The molecule has 3 aromatic rings. The van der Waals surface area contributed by atoms with Gasteiger partial charge in [0.1, 0.15) is 5.00 Å². The number of carbonyl (C=O) groups is 1. The van der Waals surface area contributed by atoms with Gasteiger partial charge in [0, 0.05) is 41.6 Å². The van der Waals surface area contributed by atoms with Crippen molar-refractivity contribution in [1.82, 2.24) is 9.80 Å². The summed E-state index contributed by atoms with van der Waals surface area (Å²) in [7, 11) is 0. The van der Waals surface area contributed by atoms with Crippen molar-refractivity contribution in [3.63, 3.8) is 0 Å². The molecule has 33 heavy (non-hydrogen) atoms. The van der Waals surface area contributed by atoms with Crippen LogP contribution in [0.4, 0.5) is 5.00 Å². The SMILES string of the molecule is CCN1CCN([C@H](c2ccc(Cl)cc2)c2c(NC(=O)c3ccco3)sc3c2CCCC3)CC1. The molecular formula is C26H30ClN3O2S. The van der Waals surface area contributed by atoms with Gasteiger partial charge < -0.3 is 14.6 Å². The molecule has 5 nitrogen and oxygen atoms in total. The van der Waals surface area contributed by atoms with Gasteiger partial charge in [-0.15, -0.1) is 11.3 Å². The number of carbonyl (C=O) groups excluding carboxylic acids is 1. The summed E-state index contributed by atoms with van der Waals surface area (Å²) in [6, 6.07) is 11.8. The van der Waals surface area contributed by atoms with E-state index in [1.807, 2.05) is 12.1 Å². The van der Waals surface area contributed by atoms with Gasteiger partial charge in [-0.1, -0.05) is 30.7 Å². The van der Waals surface area contributed by atoms with Crippen LogP contribution in [0.2, 0.25) is 5.02 Å². The Morgan fingerprint density at radius 2 is 1.88 bits per heavy atom. The minimum atomic E-state index is -0.189. The number of nitrogens with zero attached hydrogens (tertiary/aromatic N) is 2. The lowest BCUT2D eigenvalue weighted by Crippen LogP contribution is -2.47. The number of amides is 1. The van der Waals surface area contributed by atoms with E-state index in [1.54, 1.807) is 29.7 Å². The number of benzene rings is 1. The Kier molecular flexibility index (Phi) is 6.88. The van der Waals surface area contributed by atoms with Gasteiger partial charge in [0.05, 0.1) is 12.3 Å². The molecule has 1 saturated heterocycles. The number of anilines is 1. The van der Waals surface area contributed by atoms with Gasteiger partial charge in [-0.3, -0.25) is 9.69 Å². The smallest absolute Gasteiger partial charge is 0.291 e. The summed E-state index contributed by atoms with van der Waals surface area (Å²) < 4.78 is 5.37. The lowest BCUT2D eigenvalue weighted by Gasteiger charge is -2.40. The number of piperazine rings is 1. The fraction of sp³-hybridized carbons (Fsp3) is 0.423. The summed E-state index contributed by atoms with van der Waals surface area (Å²) in [4.78, 5) is 19.5. The van der Waals surface area contributed by atoms with Crippen LogP contribution in [0.3, 0.4) is 0 Å². The number of aryl methyl sites for hydroxylation is 1. The molecule has 0 spiro atoms. The van der Waals surface area contributed by atoms with Crippen molar-refractivity contribution in [3.8, 4) is 0 Å². The molecule has 2 aliphatic rings. The Morgan fingerprint density at radius 3 is 2.58 bits per heavy atom. The quantitative estimate of drug-likeness (QED) is 0.477. The van der Waals surface area contributed by atoms with Crippen LogP contribution in [0.25, 0.3) is 0 Å². The summed E-state index contributed by atoms with van der Waals surface area (Å²) in [5.41, 5.74) is 3.92. The van der Waals surface area contributed by atoms with Crippen LogP contribution in [0.15, 0.2) is 47.1 Å². The third-order valence-electron chi connectivity index (χ3n) is 6.86. The zero-order valence-corrected chi connectivity index (χ0v) is 20.6. The van der Waals surface area contributed by atoms with Crippen LogP contribution >= 0.6 is 22.9 Å². The highest BCUT2D eigenvalue weighted by molar-refractivity contribution is 7.16. The van der Waals surface area contributed by atoms with Gasteiger partial charge in [-0.05, 0) is 67.6 Å². The van der Waals surface area contributed by atoms with Gasteiger partial charge >= 0.3 is 0 Å². The van der Waals surface area contributed by atoms with E-state index in [0.717, 1.165) is 55.6 Å². The minimum Gasteiger partial charge on any atom is -0.459 e. The summed E-state index contributed by atoms with van der Waals surface area (Å²) in [6.07, 6.45) is 6.09. The predicted molar refractivity (Wildman–Crippen MR) is 135 cm³/mol. The first kappa shape index (κ1) is 22.7. The second-order valence-corrected chi connectivity index (χ2v) is 10.4. The third kappa shape index (κ3) is 4.76. The molecule has 1 aromatic carbocycles. The van der Waals surface area contributed by atoms with Gasteiger partial charge in [0.15, 0.2) is 5.76 Å². The molecule has 0 unspecified atom stereocenters. The molecule has 1 aliphatic carbocycles. The molecule has 5 rings (SSSR count). The van der Waals surface area contributed by atoms with E-state index < -0.39 is 0 Å². The van der Waals surface area contributed by atoms with Crippen molar-refractivity contribution in [2.45, 2.75) is 38.6 Å². The van der Waals surface area contributed by atoms with Crippen LogP contribution in [-0.2, 0) is 12.8 Å². The van der Waals surface area contributed by atoms with E-state index in [-0.39, 0.29) is 11.9 Å². The molecule has 1 amide bonds. The summed E-state index contributed by atoms with van der Waals surface area (Å²) in [6.45, 7) is 7.41. The molecule has 1 aliphatic heterocycles. The Morgan fingerprint density at radius 1 is 1.12 bits per heavy atom. The van der Waals surface area contributed by atoms with Crippen LogP contribution in [0.5, 0.6) is 0 Å². The Labute approximate surface area is 204 Å². The van der Waals surface area contributed by atoms with E-state index in [2.05, 4.69) is 34.2 Å². The van der Waals surface area contributed by atoms with E-state index in [4.69, 9.17) is 16.0 Å². The van der Waals surface area contributed by atoms with Crippen LogP contribution in [0.1, 0.15) is 57.9 Å². The van der Waals surface area contributed by atoms with Gasteiger partial charge in [-0.2, -0.15) is 0 Å². The van der Waals surface area contributed by atoms with Crippen molar-refractivity contribution in [1.29, 1.82) is 0 Å². The standard InChI is InChI=1S/C26H30ClN3O2S/c1-2-29-13-15-30(16-14-29)24(18-9-11-19(27)12-10-18)23-20-6-3-4-8-22(20)33-26(23)28-25(31)21-7-5-17-32-21/h5,7,9-12,17,24H,2-4,6,8,13-16H2,1H3,(H,28,31)/t24-/m1/s1. The lowest BCUT2D eigenvalue weighted by atomic mass is 9.88. The third-order valence-corrected chi connectivity index (χ3v) is 8.34. The average Bonchev–Trinajstić information content (AvgIpc) is 3.50. The van der Waals surface area contributed by atoms with Crippen molar-refractivity contribution in [3.05, 3.63) is 75.0 Å². The highest BCUT2D eigenvalue weighted by Crippen LogP contribution is 2.46. The molecule has 1 fully saturated rings. The second-order valence-electron chi connectivity index (χ2n) is 8.81. The van der Waals surface area contributed by atoms with Gasteiger partial charge in [0.25, 0.3) is 5.91 Å². The zero-order chi connectivity index (χ0) is 22.8. The van der Waals surface area contributed by atoms with Crippen molar-refractivity contribution < 1.29 is 9.21 Å². The molecular weight excluding hydrogens is 454 g/mol. The largest absolute Gasteiger partial charge is 0.459 e. The first-order valence-electron chi connectivity index (χ1n) is 11.8. The highest BCUT2D eigenvalue weighted by atomic mass is 35.5. The van der Waals surface area contributed by atoms with Gasteiger partial charge in [0.2, 0.25) is 0 Å². The van der Waals surface area contributed by atoms with E-state index in [9.17, 15) is 4.79 Å². The molecule has 0 saturated carbocycles. The Bertz CT molecular complexity index is 1090. The zero-order valence-electron chi connectivity index (χ0n) is 19.0. The minimum absolute atomic E-state index is 0.0891. The van der Waals surface area contributed by atoms with Crippen molar-refractivity contribution in [2.75, 3.05) is 38.0 Å². The van der Waals surface area contributed by atoms with Crippen LogP contribution in [0, 0.1) is 0 Å². The number of thiophene rings is 1. The van der Waals surface area contributed by atoms with Crippen LogP contribution < -0.4 is 5.32 Å². The normalized spacial score (nSPS) is 18.1. The second kappa shape index (κ2) is 10.0. The number of furan rings is 1. The van der Waals surface area contributed by atoms with E-state index >= 15 is 0 Å². The number of fused-ring (bicyclic) bond motifs is 1. The topological polar surface area (TPSA) is 48.7 Å². The molecule has 174 valence electrons. The summed E-state index contributed by atoms with van der Waals surface area (Å²) in [5, 5.41) is 4.92. The maximum absolute atomic E-state index is 13.0. The molecule has 3 heterocycles. The van der Waals surface area contributed by atoms with Crippen LogP contribution in [-0.4, -0.2) is 48.4 Å². The lowest BCUT2D eigenvalue weighted by molar-refractivity contribution is 0.0995. The van der Waals surface area contributed by atoms with E-state index in [1.165, 1.54) is 34.4 Å². The fourth-order valence-corrected chi connectivity index (χ4v) is 6.53. The molecule has 1 N–H and O–H groups in total. The monoisotopic (exact) mass is 483 g/mol. The number of hydrogen-bond donors (Lipinski definition) is 1. The van der Waals surface area contributed by atoms with E-state index in [0.29, 0.717) is 5.76 Å². The first-order valence-corrected chi connectivity index (χ1v) is 13.0. The maximum Gasteiger partial charge on any atom is 0.291 e. The Hall–Kier alpha value is -2.12. The Balaban J connectivity index is 1.58. The summed E-state index contributed by atoms with van der Waals surface area (Å²) in [5.74, 6) is 0.150. The average molecular weight is 484 g/mol. The maximum atomic E-state index is 13.0. The molecule has 1 atom stereocenters. The van der Waals surface area contributed by atoms with Crippen molar-refractivity contribution in [2.24, 2.45) is 0 Å². The fourth-order valence-electron chi connectivity index (χ4n) is 5.09. The van der Waals surface area contributed by atoms with Crippen molar-refractivity contribution >= 4 is 33.8 Å². The molecule has 7 heteroatoms. The number of likely N-dealkylation sites (N-methyl/N-ethyl adjacent to an activating group) is 1. The number of nitrogens with one attached hydrogen (secondary N) is 1. The predicted octanol–water partition coefficient (Wildman–Crippen LogP) is 5.85. The molecule has 2 aromatic heterocycles. The summed E-state index contributed by atoms with van der Waals surface area (Å²) >= 11 is 8.00. The highest BCUT2D eigenvalue weighted by Gasteiger charge is 2.33. The number of hydrogen-bond acceptors (Lipinski definition) is 5. The molecule has 0 bridgehead atoms.